The summed E-state index contributed by atoms with van der Waals surface area (Å²) in [5, 5.41) is 0. The molecule has 0 heterocycles. The highest BCUT2D eigenvalue weighted by molar-refractivity contribution is 5.73. The lowest BCUT2D eigenvalue weighted by atomic mass is 10.0. The van der Waals surface area contributed by atoms with Crippen molar-refractivity contribution in [3.63, 3.8) is 0 Å². The molecule has 0 amide bonds. The summed E-state index contributed by atoms with van der Waals surface area (Å²) in [6.07, 6.45) is -4.22. The second-order valence-electron chi connectivity index (χ2n) is 4.53. The Labute approximate surface area is 120 Å². The lowest BCUT2D eigenvalue weighted by molar-refractivity contribution is -0.140. The van der Waals surface area contributed by atoms with Gasteiger partial charge in [-0.1, -0.05) is 36.4 Å². The summed E-state index contributed by atoms with van der Waals surface area (Å²) in [5.41, 5.74) is 1.21. The molecule has 0 aromatic heterocycles. The third-order valence-corrected chi connectivity index (χ3v) is 3.05. The second kappa shape index (κ2) is 5.99. The molecule has 0 atom stereocenters. The van der Waals surface area contributed by atoms with Crippen LogP contribution in [0.1, 0.15) is 11.1 Å². The van der Waals surface area contributed by atoms with Gasteiger partial charge in [-0.2, -0.15) is 13.2 Å². The molecule has 0 spiro atoms. The molecular formula is C16H13F3O2. The van der Waals surface area contributed by atoms with Crippen LogP contribution in [0.5, 0.6) is 0 Å². The first kappa shape index (κ1) is 15.1. The fourth-order valence-corrected chi connectivity index (χ4v) is 1.93. The van der Waals surface area contributed by atoms with Crippen molar-refractivity contribution in [2.45, 2.75) is 12.6 Å². The number of alkyl halides is 3. The Morgan fingerprint density at radius 2 is 1.71 bits per heavy atom. The minimum Gasteiger partial charge on any atom is -0.469 e. The standard InChI is InChI=1S/C16H13F3O2/c1-21-15(20)9-11-5-7-12(8-6-11)13-3-2-4-14(10-13)16(17,18)19/h2-8,10H,9H2,1H3. The van der Waals surface area contributed by atoms with E-state index in [0.717, 1.165) is 17.7 Å². The molecule has 0 aliphatic heterocycles. The molecule has 0 saturated carbocycles. The van der Waals surface area contributed by atoms with Gasteiger partial charge in [0.05, 0.1) is 19.1 Å². The van der Waals surface area contributed by atoms with E-state index in [2.05, 4.69) is 4.74 Å². The van der Waals surface area contributed by atoms with E-state index in [9.17, 15) is 18.0 Å². The average Bonchev–Trinajstić information content (AvgIpc) is 2.47. The van der Waals surface area contributed by atoms with Crippen LogP contribution < -0.4 is 0 Å². The predicted molar refractivity (Wildman–Crippen MR) is 72.6 cm³/mol. The van der Waals surface area contributed by atoms with Crippen molar-refractivity contribution in [2.24, 2.45) is 0 Å². The van der Waals surface area contributed by atoms with Gasteiger partial charge in [0.1, 0.15) is 0 Å². The molecule has 0 bridgehead atoms. The molecule has 2 rings (SSSR count). The van der Waals surface area contributed by atoms with E-state index in [1.54, 1.807) is 30.3 Å². The number of ether oxygens (including phenoxy) is 1. The summed E-state index contributed by atoms with van der Waals surface area (Å²) >= 11 is 0. The topological polar surface area (TPSA) is 26.3 Å². The van der Waals surface area contributed by atoms with Crippen LogP contribution in [-0.4, -0.2) is 13.1 Å². The number of hydrogen-bond donors (Lipinski definition) is 0. The molecule has 0 saturated heterocycles. The highest BCUT2D eigenvalue weighted by Crippen LogP contribution is 2.32. The Hall–Kier alpha value is -2.30. The highest BCUT2D eigenvalue weighted by Gasteiger charge is 2.30. The largest absolute Gasteiger partial charge is 0.469 e. The molecule has 0 aliphatic rings. The third-order valence-electron chi connectivity index (χ3n) is 3.05. The molecule has 21 heavy (non-hydrogen) atoms. The zero-order valence-corrected chi connectivity index (χ0v) is 11.3. The molecule has 110 valence electrons. The summed E-state index contributed by atoms with van der Waals surface area (Å²) in [5.74, 6) is -0.359. The first-order valence-electron chi connectivity index (χ1n) is 6.23. The number of esters is 1. The van der Waals surface area contributed by atoms with Gasteiger partial charge in [0, 0.05) is 0 Å². The van der Waals surface area contributed by atoms with Gasteiger partial charge in [-0.05, 0) is 28.8 Å². The predicted octanol–water partition coefficient (Wildman–Crippen LogP) is 4.09. The Kier molecular flexibility index (Phi) is 4.31. The van der Waals surface area contributed by atoms with Crippen LogP contribution in [0, 0.1) is 0 Å². The van der Waals surface area contributed by atoms with E-state index in [0.29, 0.717) is 11.1 Å². The third kappa shape index (κ3) is 3.84. The SMILES string of the molecule is COC(=O)Cc1ccc(-c2cccc(C(F)(F)F)c2)cc1. The van der Waals surface area contributed by atoms with Crippen LogP contribution in [0.2, 0.25) is 0 Å². The fourth-order valence-electron chi connectivity index (χ4n) is 1.93. The van der Waals surface area contributed by atoms with Gasteiger partial charge >= 0.3 is 12.1 Å². The lowest BCUT2D eigenvalue weighted by Gasteiger charge is -2.09. The monoisotopic (exact) mass is 294 g/mol. The van der Waals surface area contributed by atoms with Crippen molar-refractivity contribution in [3.8, 4) is 11.1 Å². The zero-order valence-electron chi connectivity index (χ0n) is 11.3. The molecule has 2 aromatic carbocycles. The van der Waals surface area contributed by atoms with E-state index < -0.39 is 11.7 Å². The van der Waals surface area contributed by atoms with Crippen LogP contribution in [0.15, 0.2) is 48.5 Å². The van der Waals surface area contributed by atoms with E-state index in [1.807, 2.05) is 0 Å². The van der Waals surface area contributed by atoms with E-state index in [1.165, 1.54) is 13.2 Å². The van der Waals surface area contributed by atoms with Gasteiger partial charge in [-0.3, -0.25) is 4.79 Å². The second-order valence-corrected chi connectivity index (χ2v) is 4.53. The average molecular weight is 294 g/mol. The van der Waals surface area contributed by atoms with Crippen molar-refractivity contribution >= 4 is 5.97 Å². The van der Waals surface area contributed by atoms with Gasteiger partial charge in [0.25, 0.3) is 0 Å². The minimum absolute atomic E-state index is 0.138. The number of benzene rings is 2. The summed E-state index contributed by atoms with van der Waals surface area (Å²) in [6.45, 7) is 0. The number of carbonyl (C=O) groups excluding carboxylic acids is 1. The Morgan fingerprint density at radius 3 is 2.29 bits per heavy atom. The van der Waals surface area contributed by atoms with Gasteiger partial charge in [-0.15, -0.1) is 0 Å². The molecule has 2 nitrogen and oxygen atoms in total. The highest BCUT2D eigenvalue weighted by atomic mass is 19.4. The van der Waals surface area contributed by atoms with E-state index in [-0.39, 0.29) is 12.4 Å². The van der Waals surface area contributed by atoms with Crippen molar-refractivity contribution in [1.29, 1.82) is 0 Å². The fraction of sp³-hybridized carbons (Fsp3) is 0.188. The van der Waals surface area contributed by atoms with Crippen LogP contribution in [0.3, 0.4) is 0 Å². The van der Waals surface area contributed by atoms with Crippen molar-refractivity contribution in [3.05, 3.63) is 59.7 Å². The van der Waals surface area contributed by atoms with Crippen LogP contribution in [-0.2, 0) is 22.1 Å². The quantitative estimate of drug-likeness (QED) is 0.797. The number of carbonyl (C=O) groups is 1. The molecular weight excluding hydrogens is 281 g/mol. The van der Waals surface area contributed by atoms with E-state index in [4.69, 9.17) is 0 Å². The molecule has 0 fully saturated rings. The molecule has 0 radical (unpaired) electrons. The summed E-state index contributed by atoms with van der Waals surface area (Å²) in [4.78, 5) is 11.1. The van der Waals surface area contributed by atoms with Crippen molar-refractivity contribution in [1.82, 2.24) is 0 Å². The first-order chi connectivity index (χ1) is 9.90. The maximum absolute atomic E-state index is 12.7. The molecule has 0 aliphatic carbocycles. The van der Waals surface area contributed by atoms with Crippen molar-refractivity contribution < 1.29 is 22.7 Å². The Morgan fingerprint density at radius 1 is 1.05 bits per heavy atom. The molecule has 5 heteroatoms. The smallest absolute Gasteiger partial charge is 0.416 e. The van der Waals surface area contributed by atoms with Crippen LogP contribution in [0.25, 0.3) is 11.1 Å². The molecule has 0 unspecified atom stereocenters. The number of hydrogen-bond acceptors (Lipinski definition) is 2. The summed E-state index contributed by atoms with van der Waals surface area (Å²) < 4.78 is 42.6. The minimum atomic E-state index is -4.36. The maximum atomic E-state index is 12.7. The van der Waals surface area contributed by atoms with Gasteiger partial charge in [-0.25, -0.2) is 0 Å². The van der Waals surface area contributed by atoms with Gasteiger partial charge in [0.2, 0.25) is 0 Å². The molecule has 0 N–H and O–H groups in total. The summed E-state index contributed by atoms with van der Waals surface area (Å²) in [7, 11) is 1.30. The first-order valence-corrected chi connectivity index (χ1v) is 6.23. The van der Waals surface area contributed by atoms with Gasteiger partial charge < -0.3 is 4.74 Å². The Balaban J connectivity index is 2.25. The Bertz CT molecular complexity index is 631. The normalized spacial score (nSPS) is 11.2. The maximum Gasteiger partial charge on any atom is 0.416 e. The molecule has 2 aromatic rings. The van der Waals surface area contributed by atoms with Crippen LogP contribution >= 0.6 is 0 Å². The van der Waals surface area contributed by atoms with E-state index >= 15 is 0 Å². The lowest BCUT2D eigenvalue weighted by Crippen LogP contribution is -2.05. The number of methoxy groups -OCH3 is 1. The number of rotatable bonds is 3. The number of halogens is 3. The van der Waals surface area contributed by atoms with Gasteiger partial charge in [0.15, 0.2) is 0 Å². The van der Waals surface area contributed by atoms with Crippen molar-refractivity contribution in [2.75, 3.05) is 7.11 Å². The summed E-state index contributed by atoms with van der Waals surface area (Å²) in [6, 6.07) is 11.9. The van der Waals surface area contributed by atoms with Crippen LogP contribution in [0.4, 0.5) is 13.2 Å². The zero-order chi connectivity index (χ0) is 15.5.